The molecule has 4 nitrogen and oxygen atoms in total. The molecule has 1 fully saturated rings. The summed E-state index contributed by atoms with van der Waals surface area (Å²) in [7, 11) is -1.55. The van der Waals surface area contributed by atoms with Gasteiger partial charge in [-0.1, -0.05) is 0 Å². The maximum absolute atomic E-state index is 10.9. The first-order valence-corrected chi connectivity index (χ1v) is 4.94. The Bertz CT molecular complexity index is 196. The van der Waals surface area contributed by atoms with Crippen molar-refractivity contribution in [2.24, 2.45) is 0 Å². The molecule has 1 aliphatic rings. The molecule has 1 saturated heterocycles. The quantitative estimate of drug-likeness (QED) is 0.556. The van der Waals surface area contributed by atoms with Gasteiger partial charge < -0.3 is 5.32 Å². The minimum Gasteiger partial charge on any atom is -0.313 e. The summed E-state index contributed by atoms with van der Waals surface area (Å²) < 4.78 is 24.0. The van der Waals surface area contributed by atoms with Crippen molar-refractivity contribution >= 4 is 10.0 Å². The van der Waals surface area contributed by atoms with E-state index in [1.807, 2.05) is 0 Å². The van der Waals surface area contributed by atoms with Gasteiger partial charge in [0, 0.05) is 6.04 Å². The SMILES string of the molecule is CNS(=O)(=O)CC1CCN1. The zero-order valence-electron chi connectivity index (χ0n) is 5.92. The normalized spacial score (nSPS) is 25.9. The van der Waals surface area contributed by atoms with Crippen LogP contribution in [-0.2, 0) is 10.0 Å². The van der Waals surface area contributed by atoms with Gasteiger partial charge in [-0.15, -0.1) is 0 Å². The summed E-state index contributed by atoms with van der Waals surface area (Å²) in [6, 6.07) is 0.178. The summed E-state index contributed by atoms with van der Waals surface area (Å²) in [5.41, 5.74) is 0. The maximum Gasteiger partial charge on any atom is 0.212 e. The van der Waals surface area contributed by atoms with Gasteiger partial charge in [-0.3, -0.25) is 0 Å². The van der Waals surface area contributed by atoms with Crippen LogP contribution in [0.3, 0.4) is 0 Å². The lowest BCUT2D eigenvalue weighted by atomic mass is 10.1. The van der Waals surface area contributed by atoms with E-state index in [1.165, 1.54) is 7.05 Å². The van der Waals surface area contributed by atoms with E-state index >= 15 is 0 Å². The molecule has 0 aromatic rings. The van der Waals surface area contributed by atoms with Gasteiger partial charge in [-0.2, -0.15) is 0 Å². The molecule has 1 unspecified atom stereocenters. The fourth-order valence-electron chi connectivity index (χ4n) is 0.839. The Hall–Kier alpha value is -0.130. The van der Waals surface area contributed by atoms with Crippen LogP contribution in [0.15, 0.2) is 0 Å². The first kappa shape index (κ1) is 7.97. The first-order valence-electron chi connectivity index (χ1n) is 3.28. The minimum absolute atomic E-state index is 0.178. The largest absolute Gasteiger partial charge is 0.313 e. The van der Waals surface area contributed by atoms with Crippen molar-refractivity contribution < 1.29 is 8.42 Å². The van der Waals surface area contributed by atoms with Crippen LogP contribution in [0.1, 0.15) is 6.42 Å². The lowest BCUT2D eigenvalue weighted by Crippen LogP contribution is -2.48. The molecule has 0 aromatic heterocycles. The van der Waals surface area contributed by atoms with E-state index < -0.39 is 10.0 Å². The zero-order chi connectivity index (χ0) is 7.61. The van der Waals surface area contributed by atoms with Crippen molar-refractivity contribution in [3.05, 3.63) is 0 Å². The van der Waals surface area contributed by atoms with E-state index in [1.54, 1.807) is 0 Å². The second-order valence-corrected chi connectivity index (χ2v) is 4.40. The van der Waals surface area contributed by atoms with Gasteiger partial charge >= 0.3 is 0 Å². The molecule has 1 heterocycles. The van der Waals surface area contributed by atoms with Crippen LogP contribution in [0, 0.1) is 0 Å². The molecule has 1 atom stereocenters. The molecule has 0 aliphatic carbocycles. The van der Waals surface area contributed by atoms with Gasteiger partial charge in [0.25, 0.3) is 0 Å². The molecule has 1 aliphatic heterocycles. The second-order valence-electron chi connectivity index (χ2n) is 2.43. The van der Waals surface area contributed by atoms with E-state index in [2.05, 4.69) is 10.0 Å². The Balaban J connectivity index is 2.36. The summed E-state index contributed by atoms with van der Waals surface area (Å²) in [5, 5.41) is 3.02. The molecule has 60 valence electrons. The zero-order valence-corrected chi connectivity index (χ0v) is 6.74. The van der Waals surface area contributed by atoms with Crippen LogP contribution in [-0.4, -0.2) is 33.8 Å². The molecule has 1 rings (SSSR count). The Labute approximate surface area is 61.1 Å². The smallest absolute Gasteiger partial charge is 0.212 e. The van der Waals surface area contributed by atoms with Crippen molar-refractivity contribution in [1.82, 2.24) is 10.0 Å². The maximum atomic E-state index is 10.9. The minimum atomic E-state index is -2.99. The summed E-state index contributed by atoms with van der Waals surface area (Å²) in [6.07, 6.45) is 0.973. The second kappa shape index (κ2) is 2.86. The average Bonchev–Trinajstić information content (AvgIpc) is 1.80. The highest BCUT2D eigenvalue weighted by Crippen LogP contribution is 2.03. The van der Waals surface area contributed by atoms with Crippen LogP contribution < -0.4 is 10.0 Å². The lowest BCUT2D eigenvalue weighted by molar-refractivity contribution is 0.398. The Morgan fingerprint density at radius 1 is 1.70 bits per heavy atom. The number of sulfonamides is 1. The summed E-state index contributed by atoms with van der Waals surface area (Å²) in [5.74, 6) is 0.212. The van der Waals surface area contributed by atoms with Crippen molar-refractivity contribution in [3.63, 3.8) is 0 Å². The van der Waals surface area contributed by atoms with Gasteiger partial charge in [0.05, 0.1) is 5.75 Å². The molecule has 0 radical (unpaired) electrons. The molecule has 10 heavy (non-hydrogen) atoms. The Morgan fingerprint density at radius 3 is 2.60 bits per heavy atom. The molecule has 0 spiro atoms. The summed E-state index contributed by atoms with van der Waals surface area (Å²) in [4.78, 5) is 0. The third-order valence-electron chi connectivity index (χ3n) is 1.66. The number of hydrogen-bond acceptors (Lipinski definition) is 3. The van der Waals surface area contributed by atoms with E-state index in [-0.39, 0.29) is 11.8 Å². The van der Waals surface area contributed by atoms with Crippen LogP contribution in [0.25, 0.3) is 0 Å². The van der Waals surface area contributed by atoms with Crippen molar-refractivity contribution in [3.8, 4) is 0 Å². The van der Waals surface area contributed by atoms with Crippen LogP contribution in [0.2, 0.25) is 0 Å². The molecule has 2 N–H and O–H groups in total. The Morgan fingerprint density at radius 2 is 2.30 bits per heavy atom. The van der Waals surface area contributed by atoms with Crippen LogP contribution in [0.5, 0.6) is 0 Å². The molecule has 5 heteroatoms. The van der Waals surface area contributed by atoms with Gasteiger partial charge in [0.1, 0.15) is 0 Å². The van der Waals surface area contributed by atoms with Gasteiger partial charge in [0.2, 0.25) is 10.0 Å². The molecule has 0 aromatic carbocycles. The highest BCUT2D eigenvalue weighted by atomic mass is 32.2. The van der Waals surface area contributed by atoms with E-state index in [0.717, 1.165) is 13.0 Å². The molecule has 0 bridgehead atoms. The number of hydrogen-bond donors (Lipinski definition) is 2. The topological polar surface area (TPSA) is 58.2 Å². The van der Waals surface area contributed by atoms with E-state index in [4.69, 9.17) is 0 Å². The Kier molecular flexibility index (Phi) is 2.28. The first-order chi connectivity index (χ1) is 4.64. The number of nitrogens with one attached hydrogen (secondary N) is 2. The van der Waals surface area contributed by atoms with Gasteiger partial charge in [-0.25, -0.2) is 13.1 Å². The third-order valence-corrected chi connectivity index (χ3v) is 3.12. The molecular formula is C5H12N2O2S. The standard InChI is InChI=1S/C5H12N2O2S/c1-6-10(8,9)4-5-2-3-7-5/h5-7H,2-4H2,1H3. The lowest BCUT2D eigenvalue weighted by Gasteiger charge is -2.26. The monoisotopic (exact) mass is 164 g/mol. The van der Waals surface area contributed by atoms with Crippen LogP contribution in [0.4, 0.5) is 0 Å². The van der Waals surface area contributed by atoms with Crippen LogP contribution >= 0.6 is 0 Å². The molecule has 0 amide bonds. The van der Waals surface area contributed by atoms with Crippen molar-refractivity contribution in [1.29, 1.82) is 0 Å². The highest BCUT2D eigenvalue weighted by molar-refractivity contribution is 7.89. The van der Waals surface area contributed by atoms with Gasteiger partial charge in [-0.05, 0) is 20.0 Å². The average molecular weight is 164 g/mol. The predicted octanol–water partition coefficient (Wildman–Crippen LogP) is -1.10. The van der Waals surface area contributed by atoms with Gasteiger partial charge in [0.15, 0.2) is 0 Å². The summed E-state index contributed by atoms with van der Waals surface area (Å²) in [6.45, 7) is 0.948. The fraction of sp³-hybridized carbons (Fsp3) is 1.00. The third kappa shape index (κ3) is 1.93. The summed E-state index contributed by atoms with van der Waals surface area (Å²) >= 11 is 0. The molecular weight excluding hydrogens is 152 g/mol. The highest BCUT2D eigenvalue weighted by Gasteiger charge is 2.22. The predicted molar refractivity (Wildman–Crippen MR) is 39.3 cm³/mol. The molecule has 0 saturated carbocycles. The van der Waals surface area contributed by atoms with Crippen molar-refractivity contribution in [2.45, 2.75) is 12.5 Å². The fourth-order valence-corrected chi connectivity index (χ4v) is 1.82. The van der Waals surface area contributed by atoms with E-state index in [9.17, 15) is 8.42 Å². The van der Waals surface area contributed by atoms with E-state index in [0.29, 0.717) is 0 Å². The van der Waals surface area contributed by atoms with Crippen molar-refractivity contribution in [2.75, 3.05) is 19.3 Å². The number of rotatable bonds is 3.